The van der Waals surface area contributed by atoms with Gasteiger partial charge in [0.25, 0.3) is 0 Å². The molecule has 0 aliphatic carbocycles. The summed E-state index contributed by atoms with van der Waals surface area (Å²) in [4.78, 5) is 13.7. The van der Waals surface area contributed by atoms with Crippen LogP contribution in [-0.2, 0) is 4.74 Å². The Bertz CT molecular complexity index is 506. The summed E-state index contributed by atoms with van der Waals surface area (Å²) in [5.74, 6) is 0.551. The number of hydrogen-bond acceptors (Lipinski definition) is 3. The molecule has 1 heterocycles. The second kappa shape index (κ2) is 11.4. The lowest BCUT2D eigenvalue weighted by Gasteiger charge is -2.30. The van der Waals surface area contributed by atoms with Crippen LogP contribution in [0, 0.1) is 0 Å². The molecule has 0 bridgehead atoms. The number of benzene rings is 1. The molecule has 1 aromatic rings. The molecule has 1 aromatic carbocycles. The molecule has 3 unspecified atom stereocenters. The summed E-state index contributed by atoms with van der Waals surface area (Å²) in [5.41, 5.74) is 0.588. The fraction of sp³-hybridized carbons (Fsp3) is 0.650. The quantitative estimate of drug-likeness (QED) is 0.512. The van der Waals surface area contributed by atoms with Gasteiger partial charge in [-0.15, -0.1) is 0 Å². The van der Waals surface area contributed by atoms with Crippen LogP contribution in [0.2, 0.25) is 0 Å². The third kappa shape index (κ3) is 7.25. The SMILES string of the molecule is CCC(C)Oc1ccc(C(=O)OCCC[NH+]2CCCCC2C)cc1.[Cl-]. The minimum Gasteiger partial charge on any atom is -1.00 e. The predicted molar refractivity (Wildman–Crippen MR) is 95.7 cm³/mol. The van der Waals surface area contributed by atoms with Gasteiger partial charge in [0.1, 0.15) is 5.75 Å². The van der Waals surface area contributed by atoms with E-state index in [2.05, 4.69) is 13.8 Å². The molecule has 0 spiro atoms. The number of piperidine rings is 1. The van der Waals surface area contributed by atoms with Gasteiger partial charge >= 0.3 is 5.97 Å². The summed E-state index contributed by atoms with van der Waals surface area (Å²) < 4.78 is 11.1. The monoisotopic (exact) mass is 369 g/mol. The zero-order valence-corrected chi connectivity index (χ0v) is 16.5. The topological polar surface area (TPSA) is 40.0 Å². The lowest BCUT2D eigenvalue weighted by molar-refractivity contribution is -0.928. The number of halogens is 1. The molecule has 142 valence electrons. The largest absolute Gasteiger partial charge is 1.00 e. The van der Waals surface area contributed by atoms with Crippen LogP contribution >= 0.6 is 0 Å². The Labute approximate surface area is 158 Å². The van der Waals surface area contributed by atoms with E-state index in [0.29, 0.717) is 12.2 Å². The summed E-state index contributed by atoms with van der Waals surface area (Å²) in [7, 11) is 0. The number of likely N-dealkylation sites (tertiary alicyclic amines) is 1. The Kier molecular flexibility index (Phi) is 9.91. The molecule has 2 rings (SSSR count). The maximum atomic E-state index is 12.1. The molecule has 1 aliphatic heterocycles. The summed E-state index contributed by atoms with van der Waals surface area (Å²) in [6.07, 6.45) is 6.07. The van der Waals surface area contributed by atoms with Gasteiger partial charge in [-0.05, 0) is 63.8 Å². The molecular formula is C20H32ClNO3. The molecule has 4 nitrogen and oxygen atoms in total. The standard InChI is InChI=1S/C20H31NO3.ClH/c1-4-17(3)24-19-11-9-18(10-12-19)20(22)23-15-7-14-21-13-6-5-8-16(21)2;/h9-12,16-17H,4-8,13-15H2,1-3H3;1H. The fourth-order valence-electron chi connectivity index (χ4n) is 3.16. The highest BCUT2D eigenvalue weighted by atomic mass is 35.5. The number of carbonyl (C=O) groups excluding carboxylic acids is 1. The zero-order chi connectivity index (χ0) is 17.4. The first kappa shape index (κ1) is 21.8. The Morgan fingerprint density at radius 1 is 1.28 bits per heavy atom. The van der Waals surface area contributed by atoms with Crippen molar-refractivity contribution in [3.8, 4) is 5.75 Å². The average molecular weight is 370 g/mol. The van der Waals surface area contributed by atoms with E-state index < -0.39 is 0 Å². The molecule has 0 aromatic heterocycles. The van der Waals surface area contributed by atoms with Crippen LogP contribution in [0.3, 0.4) is 0 Å². The van der Waals surface area contributed by atoms with Gasteiger partial charge in [0.2, 0.25) is 0 Å². The van der Waals surface area contributed by atoms with Crippen molar-refractivity contribution in [2.24, 2.45) is 0 Å². The number of quaternary nitrogens is 1. The van der Waals surface area contributed by atoms with Gasteiger partial charge in [-0.25, -0.2) is 4.79 Å². The molecule has 1 N–H and O–H groups in total. The Morgan fingerprint density at radius 3 is 2.64 bits per heavy atom. The summed E-state index contributed by atoms with van der Waals surface area (Å²) in [6.45, 7) is 9.29. The maximum Gasteiger partial charge on any atom is 0.338 e. The van der Waals surface area contributed by atoms with E-state index in [4.69, 9.17) is 9.47 Å². The molecule has 0 amide bonds. The molecule has 1 aliphatic rings. The number of carbonyl (C=O) groups is 1. The Balaban J connectivity index is 0.00000312. The fourth-order valence-corrected chi connectivity index (χ4v) is 3.16. The van der Waals surface area contributed by atoms with Crippen LogP contribution in [0.1, 0.15) is 63.2 Å². The van der Waals surface area contributed by atoms with Crippen molar-refractivity contribution in [2.45, 2.75) is 65.0 Å². The predicted octanol–water partition coefficient (Wildman–Crippen LogP) is -0.128. The first-order valence-electron chi connectivity index (χ1n) is 9.38. The maximum absolute atomic E-state index is 12.1. The smallest absolute Gasteiger partial charge is 0.338 e. The van der Waals surface area contributed by atoms with Crippen molar-refractivity contribution in [2.75, 3.05) is 19.7 Å². The second-order valence-electron chi connectivity index (χ2n) is 6.91. The number of rotatable bonds is 8. The van der Waals surface area contributed by atoms with Crippen molar-refractivity contribution in [1.82, 2.24) is 0 Å². The molecule has 0 radical (unpaired) electrons. The lowest BCUT2D eigenvalue weighted by atomic mass is 10.0. The van der Waals surface area contributed by atoms with E-state index >= 15 is 0 Å². The summed E-state index contributed by atoms with van der Waals surface area (Å²) >= 11 is 0. The molecule has 0 saturated carbocycles. The van der Waals surface area contributed by atoms with Crippen LogP contribution in [0.5, 0.6) is 5.75 Å². The minimum atomic E-state index is -0.244. The van der Waals surface area contributed by atoms with E-state index in [1.807, 2.05) is 19.1 Å². The van der Waals surface area contributed by atoms with Crippen molar-refractivity contribution in [3.63, 3.8) is 0 Å². The molecule has 5 heteroatoms. The van der Waals surface area contributed by atoms with E-state index in [1.165, 1.54) is 25.8 Å². The van der Waals surface area contributed by atoms with Crippen LogP contribution in [0.25, 0.3) is 0 Å². The molecular weight excluding hydrogens is 338 g/mol. The third-order valence-electron chi connectivity index (χ3n) is 4.96. The van der Waals surface area contributed by atoms with E-state index in [9.17, 15) is 4.79 Å². The molecule has 1 fully saturated rings. The van der Waals surface area contributed by atoms with Gasteiger partial charge in [-0.2, -0.15) is 0 Å². The minimum absolute atomic E-state index is 0. The van der Waals surface area contributed by atoms with Crippen LogP contribution in [-0.4, -0.2) is 37.8 Å². The zero-order valence-electron chi connectivity index (χ0n) is 15.7. The van der Waals surface area contributed by atoms with E-state index in [-0.39, 0.29) is 24.5 Å². The lowest BCUT2D eigenvalue weighted by Crippen LogP contribution is -3.16. The van der Waals surface area contributed by atoms with Gasteiger partial charge in [-0.1, -0.05) is 6.92 Å². The van der Waals surface area contributed by atoms with Crippen molar-refractivity contribution >= 4 is 5.97 Å². The van der Waals surface area contributed by atoms with Gasteiger partial charge < -0.3 is 26.8 Å². The second-order valence-corrected chi connectivity index (χ2v) is 6.91. The van der Waals surface area contributed by atoms with Crippen LogP contribution < -0.4 is 22.0 Å². The normalized spacial score (nSPS) is 21.1. The van der Waals surface area contributed by atoms with E-state index in [1.54, 1.807) is 17.0 Å². The summed E-state index contributed by atoms with van der Waals surface area (Å²) in [6, 6.07) is 7.97. The Morgan fingerprint density at radius 2 is 2.00 bits per heavy atom. The highest BCUT2D eigenvalue weighted by Gasteiger charge is 2.21. The summed E-state index contributed by atoms with van der Waals surface area (Å²) in [5, 5.41) is 0. The first-order valence-corrected chi connectivity index (χ1v) is 9.38. The molecule has 1 saturated heterocycles. The van der Waals surface area contributed by atoms with Crippen LogP contribution in [0.15, 0.2) is 24.3 Å². The van der Waals surface area contributed by atoms with Crippen molar-refractivity contribution < 1.29 is 31.6 Å². The van der Waals surface area contributed by atoms with Gasteiger partial charge in [0.05, 0.1) is 37.4 Å². The number of nitrogens with one attached hydrogen (secondary N) is 1. The highest BCUT2D eigenvalue weighted by Crippen LogP contribution is 2.15. The number of ether oxygens (including phenoxy) is 2. The van der Waals surface area contributed by atoms with E-state index in [0.717, 1.165) is 31.2 Å². The van der Waals surface area contributed by atoms with Gasteiger partial charge in [0, 0.05) is 6.42 Å². The van der Waals surface area contributed by atoms with Gasteiger partial charge in [0.15, 0.2) is 0 Å². The van der Waals surface area contributed by atoms with Crippen molar-refractivity contribution in [1.29, 1.82) is 0 Å². The number of hydrogen-bond donors (Lipinski definition) is 1. The van der Waals surface area contributed by atoms with Gasteiger partial charge in [-0.3, -0.25) is 0 Å². The Hall–Kier alpha value is -1.26. The third-order valence-corrected chi connectivity index (χ3v) is 4.96. The first-order chi connectivity index (χ1) is 11.6. The number of esters is 1. The van der Waals surface area contributed by atoms with Crippen LogP contribution in [0.4, 0.5) is 0 Å². The average Bonchev–Trinajstić information content (AvgIpc) is 2.60. The van der Waals surface area contributed by atoms with Crippen molar-refractivity contribution in [3.05, 3.63) is 29.8 Å². The molecule has 25 heavy (non-hydrogen) atoms. The molecule has 3 atom stereocenters. The highest BCUT2D eigenvalue weighted by molar-refractivity contribution is 5.89.